The van der Waals surface area contributed by atoms with Crippen molar-refractivity contribution in [3.63, 3.8) is 0 Å². The molecule has 1 saturated carbocycles. The Hall–Kier alpha value is -1.90. The predicted molar refractivity (Wildman–Crippen MR) is 118 cm³/mol. The Balaban J connectivity index is 0.000000625. The van der Waals surface area contributed by atoms with Gasteiger partial charge in [0.15, 0.2) is 0 Å². The van der Waals surface area contributed by atoms with Crippen molar-refractivity contribution in [1.29, 1.82) is 0 Å². The van der Waals surface area contributed by atoms with Gasteiger partial charge in [-0.3, -0.25) is 9.79 Å². The standard InChI is InChI=1S/C19H28N2O.C5H10/c1-7-18(10-13(2)3)21-19(22)16-8-9-17(15(6)11-16)12-20-14(4)5;1-5-3-2-4-5/h8-9,11-13,18H,4,7,10H2,1-3,5-6H3,(H,21,22);5H,2-4H2,1H3/t18-;/m1./s1. The topological polar surface area (TPSA) is 41.5 Å². The van der Waals surface area contributed by atoms with Gasteiger partial charge in [-0.15, -0.1) is 0 Å². The monoisotopic (exact) mass is 370 g/mol. The van der Waals surface area contributed by atoms with Crippen LogP contribution in [0.2, 0.25) is 0 Å². The maximum atomic E-state index is 12.4. The summed E-state index contributed by atoms with van der Waals surface area (Å²) in [6.07, 6.45) is 8.20. The Kier molecular flexibility index (Phi) is 10.1. The van der Waals surface area contributed by atoms with Gasteiger partial charge in [-0.05, 0) is 61.8 Å². The number of nitrogens with one attached hydrogen (secondary N) is 1. The predicted octanol–water partition coefficient (Wildman–Crippen LogP) is 6.31. The number of hydrogen-bond acceptors (Lipinski definition) is 2. The lowest BCUT2D eigenvalue weighted by molar-refractivity contribution is 0.0931. The summed E-state index contributed by atoms with van der Waals surface area (Å²) in [6.45, 7) is 16.4. The van der Waals surface area contributed by atoms with Crippen molar-refractivity contribution >= 4 is 12.1 Å². The molecule has 1 atom stereocenters. The number of hydrogen-bond donors (Lipinski definition) is 1. The number of carbonyl (C=O) groups excluding carboxylic acids is 1. The number of benzene rings is 1. The highest BCUT2D eigenvalue weighted by molar-refractivity contribution is 5.95. The third-order valence-electron chi connectivity index (χ3n) is 4.93. The van der Waals surface area contributed by atoms with Gasteiger partial charge in [0.2, 0.25) is 0 Å². The first-order valence-corrected chi connectivity index (χ1v) is 10.3. The summed E-state index contributed by atoms with van der Waals surface area (Å²) in [5.74, 6) is 1.64. The molecule has 3 nitrogen and oxygen atoms in total. The largest absolute Gasteiger partial charge is 0.349 e. The zero-order valence-electron chi connectivity index (χ0n) is 18.1. The highest BCUT2D eigenvalue weighted by Crippen LogP contribution is 2.24. The van der Waals surface area contributed by atoms with Gasteiger partial charge in [0, 0.05) is 23.5 Å². The first-order valence-electron chi connectivity index (χ1n) is 10.3. The minimum atomic E-state index is -0.000935. The van der Waals surface area contributed by atoms with Crippen LogP contribution in [0.4, 0.5) is 0 Å². The zero-order valence-corrected chi connectivity index (χ0v) is 18.1. The van der Waals surface area contributed by atoms with Crippen molar-refractivity contribution in [2.24, 2.45) is 16.8 Å². The van der Waals surface area contributed by atoms with Crippen LogP contribution < -0.4 is 5.32 Å². The van der Waals surface area contributed by atoms with E-state index in [1.54, 1.807) is 6.21 Å². The minimum Gasteiger partial charge on any atom is -0.349 e. The maximum absolute atomic E-state index is 12.4. The van der Waals surface area contributed by atoms with Gasteiger partial charge in [-0.1, -0.05) is 59.6 Å². The molecule has 0 aliphatic heterocycles. The summed E-state index contributed by atoms with van der Waals surface area (Å²) < 4.78 is 0. The Morgan fingerprint density at radius 1 is 1.37 bits per heavy atom. The minimum absolute atomic E-state index is 0.000935. The molecule has 1 aromatic carbocycles. The molecule has 1 amide bonds. The van der Waals surface area contributed by atoms with E-state index in [2.05, 4.69) is 44.6 Å². The van der Waals surface area contributed by atoms with E-state index in [4.69, 9.17) is 0 Å². The second-order valence-electron chi connectivity index (χ2n) is 8.31. The van der Waals surface area contributed by atoms with Crippen LogP contribution in [0, 0.1) is 18.8 Å². The highest BCUT2D eigenvalue weighted by Gasteiger charge is 2.14. The molecule has 0 saturated heterocycles. The molecule has 1 aliphatic rings. The van der Waals surface area contributed by atoms with E-state index >= 15 is 0 Å². The molecule has 150 valence electrons. The molecular formula is C24H38N2O. The van der Waals surface area contributed by atoms with Crippen LogP contribution in [-0.2, 0) is 0 Å². The zero-order chi connectivity index (χ0) is 20.4. The fourth-order valence-corrected chi connectivity index (χ4v) is 2.92. The highest BCUT2D eigenvalue weighted by atomic mass is 16.1. The molecule has 2 rings (SSSR count). The van der Waals surface area contributed by atoms with Gasteiger partial charge in [0.1, 0.15) is 0 Å². The average molecular weight is 371 g/mol. The van der Waals surface area contributed by atoms with Crippen molar-refractivity contribution in [3.8, 4) is 0 Å². The van der Waals surface area contributed by atoms with Gasteiger partial charge >= 0.3 is 0 Å². The maximum Gasteiger partial charge on any atom is 0.251 e. The fraction of sp³-hybridized carbons (Fsp3) is 0.583. The van der Waals surface area contributed by atoms with Crippen molar-refractivity contribution in [1.82, 2.24) is 5.32 Å². The van der Waals surface area contributed by atoms with E-state index in [1.165, 1.54) is 19.3 Å². The number of nitrogens with zero attached hydrogens (tertiary/aromatic N) is 1. The Labute approximate surface area is 166 Å². The molecule has 0 bridgehead atoms. The van der Waals surface area contributed by atoms with Crippen LogP contribution in [0.1, 0.15) is 88.2 Å². The van der Waals surface area contributed by atoms with Crippen LogP contribution in [0.5, 0.6) is 0 Å². The first kappa shape index (κ1) is 23.1. The van der Waals surface area contributed by atoms with Gasteiger partial charge < -0.3 is 5.32 Å². The molecular weight excluding hydrogens is 332 g/mol. The lowest BCUT2D eigenvalue weighted by Crippen LogP contribution is -2.35. The first-order chi connectivity index (χ1) is 12.7. The molecule has 1 aromatic rings. The molecule has 1 fully saturated rings. The van der Waals surface area contributed by atoms with Crippen molar-refractivity contribution in [3.05, 3.63) is 47.2 Å². The van der Waals surface area contributed by atoms with Crippen molar-refractivity contribution in [2.45, 2.75) is 79.7 Å². The van der Waals surface area contributed by atoms with E-state index < -0.39 is 0 Å². The van der Waals surface area contributed by atoms with E-state index in [9.17, 15) is 4.79 Å². The summed E-state index contributed by atoms with van der Waals surface area (Å²) in [5.41, 5.74) is 3.51. The summed E-state index contributed by atoms with van der Waals surface area (Å²) in [7, 11) is 0. The van der Waals surface area contributed by atoms with Crippen LogP contribution in [0.15, 0.2) is 35.5 Å². The Bertz CT molecular complexity index is 642. The van der Waals surface area contributed by atoms with Crippen LogP contribution in [0.25, 0.3) is 0 Å². The van der Waals surface area contributed by atoms with Gasteiger partial charge in [-0.25, -0.2) is 0 Å². The molecule has 1 aliphatic carbocycles. The lowest BCUT2D eigenvalue weighted by atomic mass is 9.88. The van der Waals surface area contributed by atoms with Crippen LogP contribution in [0.3, 0.4) is 0 Å². The van der Waals surface area contributed by atoms with Crippen molar-refractivity contribution in [2.75, 3.05) is 0 Å². The lowest BCUT2D eigenvalue weighted by Gasteiger charge is -2.19. The van der Waals surface area contributed by atoms with E-state index in [0.717, 1.165) is 35.6 Å². The summed E-state index contributed by atoms with van der Waals surface area (Å²) in [6, 6.07) is 5.93. The molecule has 0 radical (unpaired) electrons. The number of aliphatic imine (C=N–C) groups is 1. The number of aryl methyl sites for hydroxylation is 1. The van der Waals surface area contributed by atoms with Gasteiger partial charge in [0.25, 0.3) is 5.91 Å². The molecule has 27 heavy (non-hydrogen) atoms. The van der Waals surface area contributed by atoms with E-state index in [-0.39, 0.29) is 11.9 Å². The molecule has 0 unspecified atom stereocenters. The second-order valence-corrected chi connectivity index (χ2v) is 8.31. The fourth-order valence-electron chi connectivity index (χ4n) is 2.92. The Morgan fingerprint density at radius 2 is 2.00 bits per heavy atom. The number of rotatable bonds is 7. The molecule has 1 N–H and O–H groups in total. The summed E-state index contributed by atoms with van der Waals surface area (Å²) >= 11 is 0. The SMILES string of the molecule is C=C(C)N=Cc1ccc(C(=O)N[C@H](CC)CC(C)C)cc1C.CC1CCC1. The van der Waals surface area contributed by atoms with Gasteiger partial charge in [-0.2, -0.15) is 0 Å². The molecule has 0 aromatic heterocycles. The number of allylic oxidation sites excluding steroid dienone is 1. The molecule has 0 heterocycles. The number of amides is 1. The summed E-state index contributed by atoms with van der Waals surface area (Å²) in [4.78, 5) is 16.6. The normalized spacial score (nSPS) is 15.1. The third kappa shape index (κ3) is 9.03. The molecule has 3 heteroatoms. The van der Waals surface area contributed by atoms with Crippen LogP contribution in [-0.4, -0.2) is 18.2 Å². The van der Waals surface area contributed by atoms with Gasteiger partial charge in [0.05, 0.1) is 0 Å². The number of carbonyl (C=O) groups is 1. The summed E-state index contributed by atoms with van der Waals surface area (Å²) in [5, 5.41) is 3.12. The molecule has 0 spiro atoms. The van der Waals surface area contributed by atoms with Crippen LogP contribution >= 0.6 is 0 Å². The quantitative estimate of drug-likeness (QED) is 0.561. The van der Waals surface area contributed by atoms with Crippen molar-refractivity contribution < 1.29 is 4.79 Å². The van der Waals surface area contributed by atoms with E-state index in [0.29, 0.717) is 11.5 Å². The Morgan fingerprint density at radius 3 is 2.41 bits per heavy atom. The average Bonchev–Trinajstić information content (AvgIpc) is 2.58. The van der Waals surface area contributed by atoms with E-state index in [1.807, 2.05) is 32.0 Å². The smallest absolute Gasteiger partial charge is 0.251 e. The third-order valence-corrected chi connectivity index (χ3v) is 4.93. The second kappa shape index (κ2) is 11.7.